The summed E-state index contributed by atoms with van der Waals surface area (Å²) in [6.45, 7) is 2.01. The summed E-state index contributed by atoms with van der Waals surface area (Å²) >= 11 is 6.27. The molecule has 0 saturated carbocycles. The zero-order chi connectivity index (χ0) is 12.4. The van der Waals surface area contributed by atoms with Crippen molar-refractivity contribution in [1.82, 2.24) is 0 Å². The number of alkyl halides is 1. The first-order valence-corrected chi connectivity index (χ1v) is 6.18. The second-order valence-corrected chi connectivity index (χ2v) is 4.82. The molecular weight excluding hydrogens is 243 g/mol. The molecule has 1 fully saturated rings. The molecule has 2 nitrogen and oxygen atoms in total. The van der Waals surface area contributed by atoms with E-state index in [0.717, 1.165) is 12.8 Å². The molecule has 17 heavy (non-hydrogen) atoms. The monoisotopic (exact) mass is 258 g/mol. The van der Waals surface area contributed by atoms with Crippen molar-refractivity contribution >= 4 is 11.6 Å². The van der Waals surface area contributed by atoms with Crippen LogP contribution in [0.2, 0.25) is 0 Å². The Bertz CT molecular complexity index is 397. The van der Waals surface area contributed by atoms with E-state index in [1.54, 1.807) is 12.1 Å². The van der Waals surface area contributed by atoms with Gasteiger partial charge in [0.05, 0.1) is 24.7 Å². The van der Waals surface area contributed by atoms with E-state index in [0.29, 0.717) is 11.3 Å². The van der Waals surface area contributed by atoms with Gasteiger partial charge in [-0.05, 0) is 25.8 Å². The molecule has 1 aromatic rings. The van der Waals surface area contributed by atoms with Crippen LogP contribution in [0, 0.1) is 5.82 Å². The van der Waals surface area contributed by atoms with Gasteiger partial charge in [-0.2, -0.15) is 0 Å². The lowest BCUT2D eigenvalue weighted by molar-refractivity contribution is 0.0528. The maximum Gasteiger partial charge on any atom is 0.131 e. The molecule has 0 amide bonds. The van der Waals surface area contributed by atoms with Crippen molar-refractivity contribution < 1.29 is 13.9 Å². The fraction of sp³-hybridized carbons (Fsp3) is 0.538. The molecule has 94 valence electrons. The van der Waals surface area contributed by atoms with Crippen LogP contribution in [0.5, 0.6) is 5.75 Å². The molecule has 0 bridgehead atoms. The van der Waals surface area contributed by atoms with Crippen LogP contribution in [-0.2, 0) is 4.74 Å². The van der Waals surface area contributed by atoms with E-state index in [1.165, 1.54) is 13.2 Å². The molecule has 2 rings (SSSR count). The van der Waals surface area contributed by atoms with Crippen molar-refractivity contribution in [2.24, 2.45) is 0 Å². The average Bonchev–Trinajstić information content (AvgIpc) is 2.75. The molecule has 1 saturated heterocycles. The molecule has 3 atom stereocenters. The number of hydrogen-bond donors (Lipinski definition) is 0. The van der Waals surface area contributed by atoms with Crippen LogP contribution in [0.1, 0.15) is 30.7 Å². The number of hydrogen-bond acceptors (Lipinski definition) is 2. The molecule has 0 aromatic heterocycles. The van der Waals surface area contributed by atoms with Crippen molar-refractivity contribution in [1.29, 1.82) is 0 Å². The Labute approximate surface area is 106 Å². The number of methoxy groups -OCH3 is 1. The number of benzene rings is 1. The summed E-state index contributed by atoms with van der Waals surface area (Å²) in [5.41, 5.74) is 0.478. The molecular formula is C13H16ClFO2. The van der Waals surface area contributed by atoms with Gasteiger partial charge < -0.3 is 9.47 Å². The zero-order valence-electron chi connectivity index (χ0n) is 9.95. The van der Waals surface area contributed by atoms with Gasteiger partial charge in [0.2, 0.25) is 0 Å². The standard InChI is InChI=1S/C13H16ClFO2/c1-8-3-6-12(17-8)13(14)10-5-4-9(16-2)7-11(10)15/h4-5,7-8,12-13H,3,6H2,1-2H3. The second-order valence-electron chi connectivity index (χ2n) is 4.35. The van der Waals surface area contributed by atoms with E-state index in [9.17, 15) is 4.39 Å². The van der Waals surface area contributed by atoms with Crippen molar-refractivity contribution in [2.75, 3.05) is 7.11 Å². The van der Waals surface area contributed by atoms with E-state index in [2.05, 4.69) is 0 Å². The van der Waals surface area contributed by atoms with Crippen LogP contribution in [-0.4, -0.2) is 19.3 Å². The van der Waals surface area contributed by atoms with Crippen molar-refractivity contribution in [3.63, 3.8) is 0 Å². The van der Waals surface area contributed by atoms with E-state index in [4.69, 9.17) is 21.1 Å². The zero-order valence-corrected chi connectivity index (χ0v) is 10.7. The SMILES string of the molecule is COc1ccc(C(Cl)C2CCC(C)O2)c(F)c1. The van der Waals surface area contributed by atoms with Gasteiger partial charge in [-0.1, -0.05) is 6.07 Å². The van der Waals surface area contributed by atoms with Gasteiger partial charge >= 0.3 is 0 Å². The highest BCUT2D eigenvalue weighted by molar-refractivity contribution is 6.21. The van der Waals surface area contributed by atoms with Crippen LogP contribution >= 0.6 is 11.6 Å². The highest BCUT2D eigenvalue weighted by atomic mass is 35.5. The fourth-order valence-electron chi connectivity index (χ4n) is 2.11. The highest BCUT2D eigenvalue weighted by Crippen LogP contribution is 2.36. The Morgan fingerprint density at radius 3 is 2.76 bits per heavy atom. The Hall–Kier alpha value is -0.800. The number of halogens is 2. The van der Waals surface area contributed by atoms with Crippen LogP contribution in [0.15, 0.2) is 18.2 Å². The minimum absolute atomic E-state index is 0.102. The normalized spacial score (nSPS) is 25.9. The van der Waals surface area contributed by atoms with Gasteiger partial charge in [0, 0.05) is 11.6 Å². The van der Waals surface area contributed by atoms with Crippen LogP contribution in [0.4, 0.5) is 4.39 Å². The third-order valence-electron chi connectivity index (χ3n) is 3.10. The van der Waals surface area contributed by atoms with Crippen molar-refractivity contribution in [3.8, 4) is 5.75 Å². The minimum Gasteiger partial charge on any atom is -0.497 e. The third kappa shape index (κ3) is 2.72. The number of rotatable bonds is 3. The van der Waals surface area contributed by atoms with Crippen molar-refractivity contribution in [3.05, 3.63) is 29.6 Å². The van der Waals surface area contributed by atoms with Crippen LogP contribution in [0.25, 0.3) is 0 Å². The molecule has 1 aliphatic rings. The first-order valence-electron chi connectivity index (χ1n) is 5.74. The lowest BCUT2D eigenvalue weighted by atomic mass is 10.0. The molecule has 1 heterocycles. The Morgan fingerprint density at radius 2 is 2.24 bits per heavy atom. The first kappa shape index (κ1) is 12.7. The van der Waals surface area contributed by atoms with Gasteiger partial charge in [-0.25, -0.2) is 4.39 Å². The Balaban J connectivity index is 2.16. The molecule has 0 spiro atoms. The summed E-state index contributed by atoms with van der Waals surface area (Å²) in [5, 5.41) is -0.439. The average molecular weight is 259 g/mol. The topological polar surface area (TPSA) is 18.5 Å². The van der Waals surface area contributed by atoms with Gasteiger partial charge in [0.1, 0.15) is 11.6 Å². The van der Waals surface area contributed by atoms with E-state index in [1.807, 2.05) is 6.92 Å². The lowest BCUT2D eigenvalue weighted by Crippen LogP contribution is -2.15. The summed E-state index contributed by atoms with van der Waals surface area (Å²) in [6.07, 6.45) is 1.96. The van der Waals surface area contributed by atoms with Gasteiger partial charge in [-0.3, -0.25) is 0 Å². The first-order chi connectivity index (χ1) is 8.11. The lowest BCUT2D eigenvalue weighted by Gasteiger charge is -2.18. The Morgan fingerprint density at radius 1 is 1.47 bits per heavy atom. The predicted molar refractivity (Wildman–Crippen MR) is 65.1 cm³/mol. The molecule has 1 aliphatic heterocycles. The van der Waals surface area contributed by atoms with E-state index in [-0.39, 0.29) is 18.0 Å². The molecule has 3 unspecified atom stereocenters. The minimum atomic E-state index is -0.439. The molecule has 4 heteroatoms. The largest absolute Gasteiger partial charge is 0.497 e. The summed E-state index contributed by atoms with van der Waals surface area (Å²) in [4.78, 5) is 0. The molecule has 1 aromatic carbocycles. The fourth-order valence-corrected chi connectivity index (χ4v) is 2.47. The molecule has 0 radical (unpaired) electrons. The van der Waals surface area contributed by atoms with Gasteiger partial charge in [-0.15, -0.1) is 11.6 Å². The van der Waals surface area contributed by atoms with Gasteiger partial charge in [0.15, 0.2) is 0 Å². The van der Waals surface area contributed by atoms with Gasteiger partial charge in [0.25, 0.3) is 0 Å². The molecule has 0 N–H and O–H groups in total. The maximum absolute atomic E-state index is 13.8. The summed E-state index contributed by atoms with van der Waals surface area (Å²) < 4.78 is 24.4. The molecule has 0 aliphatic carbocycles. The van der Waals surface area contributed by atoms with Crippen LogP contribution < -0.4 is 4.74 Å². The second kappa shape index (κ2) is 5.23. The highest BCUT2D eigenvalue weighted by Gasteiger charge is 2.30. The van der Waals surface area contributed by atoms with Crippen LogP contribution in [0.3, 0.4) is 0 Å². The smallest absolute Gasteiger partial charge is 0.131 e. The number of ether oxygens (including phenoxy) is 2. The summed E-state index contributed by atoms with van der Waals surface area (Å²) in [5.74, 6) is 0.156. The Kier molecular flexibility index (Phi) is 3.89. The summed E-state index contributed by atoms with van der Waals surface area (Å²) in [6, 6.07) is 4.73. The van der Waals surface area contributed by atoms with E-state index >= 15 is 0 Å². The maximum atomic E-state index is 13.8. The van der Waals surface area contributed by atoms with Crippen molar-refractivity contribution in [2.45, 2.75) is 37.4 Å². The summed E-state index contributed by atoms with van der Waals surface area (Å²) in [7, 11) is 1.51. The third-order valence-corrected chi connectivity index (χ3v) is 3.61. The quantitative estimate of drug-likeness (QED) is 0.770. The predicted octanol–water partition coefficient (Wildman–Crippen LogP) is 3.68. The van der Waals surface area contributed by atoms with E-state index < -0.39 is 5.38 Å².